The summed E-state index contributed by atoms with van der Waals surface area (Å²) < 4.78 is 21.1. The zero-order chi connectivity index (χ0) is 20.5. The molecule has 2 aromatic carbocycles. The van der Waals surface area contributed by atoms with Crippen molar-refractivity contribution in [3.8, 4) is 23.0 Å². The molecule has 0 heterocycles. The van der Waals surface area contributed by atoms with E-state index in [9.17, 15) is 4.79 Å². The molecule has 0 atom stereocenters. The largest absolute Gasteiger partial charge is 0.497 e. The second-order valence-electron chi connectivity index (χ2n) is 6.32. The van der Waals surface area contributed by atoms with Crippen molar-refractivity contribution in [3.05, 3.63) is 47.5 Å². The van der Waals surface area contributed by atoms with Crippen LogP contribution in [0, 0.1) is 0 Å². The minimum atomic E-state index is -0.0650. The molecule has 0 unspecified atom stereocenters. The van der Waals surface area contributed by atoms with Gasteiger partial charge in [0.15, 0.2) is 11.5 Å². The number of carbonyl (C=O) groups is 1. The molecule has 0 aromatic heterocycles. The van der Waals surface area contributed by atoms with E-state index in [4.69, 9.17) is 18.9 Å². The highest BCUT2D eigenvalue weighted by atomic mass is 16.5. The lowest BCUT2D eigenvalue weighted by Gasteiger charge is -2.18. The van der Waals surface area contributed by atoms with Crippen molar-refractivity contribution in [1.29, 1.82) is 0 Å². The first-order valence-corrected chi connectivity index (χ1v) is 8.87. The predicted octanol–water partition coefficient (Wildman–Crippen LogP) is 2.47. The van der Waals surface area contributed by atoms with Crippen LogP contribution >= 0.6 is 0 Å². The van der Waals surface area contributed by atoms with Crippen molar-refractivity contribution in [2.45, 2.75) is 13.1 Å². The molecule has 0 aliphatic carbocycles. The van der Waals surface area contributed by atoms with Crippen LogP contribution < -0.4 is 24.3 Å². The van der Waals surface area contributed by atoms with Crippen LogP contribution in [0.15, 0.2) is 36.4 Å². The number of ether oxygens (including phenoxy) is 4. The van der Waals surface area contributed by atoms with E-state index in [1.54, 1.807) is 28.4 Å². The molecule has 1 amide bonds. The van der Waals surface area contributed by atoms with Gasteiger partial charge in [-0.05, 0) is 30.8 Å². The molecule has 28 heavy (non-hydrogen) atoms. The van der Waals surface area contributed by atoms with Gasteiger partial charge in [0, 0.05) is 24.7 Å². The van der Waals surface area contributed by atoms with Crippen LogP contribution in [0.2, 0.25) is 0 Å². The number of rotatable bonds is 10. The number of nitrogens with one attached hydrogen (secondary N) is 1. The lowest BCUT2D eigenvalue weighted by Crippen LogP contribution is -2.34. The number of hydrogen-bond donors (Lipinski definition) is 1. The van der Waals surface area contributed by atoms with Gasteiger partial charge in [-0.1, -0.05) is 12.1 Å². The molecule has 0 radical (unpaired) electrons. The summed E-state index contributed by atoms with van der Waals surface area (Å²) >= 11 is 0. The molecule has 0 fully saturated rings. The van der Waals surface area contributed by atoms with Crippen molar-refractivity contribution >= 4 is 5.91 Å². The fraction of sp³-hybridized carbons (Fsp3) is 0.381. The van der Waals surface area contributed by atoms with E-state index in [1.165, 1.54) is 0 Å². The number of amides is 1. The summed E-state index contributed by atoms with van der Waals surface area (Å²) in [6.07, 6.45) is 0. The van der Waals surface area contributed by atoms with E-state index < -0.39 is 0 Å². The van der Waals surface area contributed by atoms with Crippen molar-refractivity contribution in [2.24, 2.45) is 0 Å². The third kappa shape index (κ3) is 5.79. The molecule has 2 rings (SSSR count). The minimum absolute atomic E-state index is 0.0650. The normalized spacial score (nSPS) is 10.5. The molecule has 0 saturated heterocycles. The maximum atomic E-state index is 12.3. The highest BCUT2D eigenvalue weighted by molar-refractivity contribution is 5.78. The minimum Gasteiger partial charge on any atom is -0.497 e. The quantitative estimate of drug-likeness (QED) is 0.674. The van der Waals surface area contributed by atoms with E-state index in [-0.39, 0.29) is 12.5 Å². The van der Waals surface area contributed by atoms with E-state index >= 15 is 0 Å². The number of benzene rings is 2. The predicted molar refractivity (Wildman–Crippen MR) is 107 cm³/mol. The second kappa shape index (κ2) is 10.4. The van der Waals surface area contributed by atoms with Gasteiger partial charge in [0.25, 0.3) is 0 Å². The number of methoxy groups -OCH3 is 4. The Morgan fingerprint density at radius 2 is 1.61 bits per heavy atom. The summed E-state index contributed by atoms with van der Waals surface area (Å²) in [6.45, 7) is 1.26. The zero-order valence-corrected chi connectivity index (χ0v) is 17.1. The smallest absolute Gasteiger partial charge is 0.234 e. The highest BCUT2D eigenvalue weighted by Gasteiger charge is 2.12. The number of likely N-dealkylation sites (N-methyl/N-ethyl adjacent to an activating group) is 1. The van der Waals surface area contributed by atoms with E-state index in [2.05, 4.69) is 5.32 Å². The van der Waals surface area contributed by atoms with Gasteiger partial charge in [-0.2, -0.15) is 0 Å². The van der Waals surface area contributed by atoms with Gasteiger partial charge in [0.1, 0.15) is 11.5 Å². The van der Waals surface area contributed by atoms with Crippen LogP contribution in [-0.4, -0.2) is 52.8 Å². The Bertz CT molecular complexity index is 794. The first kappa shape index (κ1) is 21.4. The van der Waals surface area contributed by atoms with Crippen LogP contribution in [0.5, 0.6) is 23.0 Å². The van der Waals surface area contributed by atoms with E-state index in [0.29, 0.717) is 24.6 Å². The van der Waals surface area contributed by atoms with Gasteiger partial charge in [-0.3, -0.25) is 9.69 Å². The Kier molecular flexibility index (Phi) is 7.95. The van der Waals surface area contributed by atoms with Crippen LogP contribution in [0.25, 0.3) is 0 Å². The van der Waals surface area contributed by atoms with Crippen molar-refractivity contribution in [2.75, 3.05) is 42.0 Å². The van der Waals surface area contributed by atoms with Crippen molar-refractivity contribution in [3.63, 3.8) is 0 Å². The summed E-state index contributed by atoms with van der Waals surface area (Å²) in [4.78, 5) is 14.2. The van der Waals surface area contributed by atoms with E-state index in [1.807, 2.05) is 48.3 Å². The van der Waals surface area contributed by atoms with Gasteiger partial charge in [0.2, 0.25) is 5.91 Å². The molecule has 2 aromatic rings. The standard InChI is InChI=1S/C21H28N2O5/c1-23(13-16-7-8-17(25-2)11-19(16)27-4)14-21(24)22-12-15-6-9-18(26-3)20(10-15)28-5/h6-11H,12-14H2,1-5H3,(H,22,24). The molecular formula is C21H28N2O5. The zero-order valence-electron chi connectivity index (χ0n) is 17.1. The summed E-state index contributed by atoms with van der Waals surface area (Å²) in [5.41, 5.74) is 1.92. The summed E-state index contributed by atoms with van der Waals surface area (Å²) in [7, 11) is 8.30. The molecule has 7 nitrogen and oxygen atoms in total. The van der Waals surface area contributed by atoms with Gasteiger partial charge in [0.05, 0.1) is 35.0 Å². The summed E-state index contributed by atoms with van der Waals surface area (Å²) in [5.74, 6) is 2.70. The van der Waals surface area contributed by atoms with Crippen LogP contribution in [0.4, 0.5) is 0 Å². The van der Waals surface area contributed by atoms with Crippen LogP contribution in [-0.2, 0) is 17.9 Å². The Morgan fingerprint density at radius 3 is 2.25 bits per heavy atom. The summed E-state index contributed by atoms with van der Waals surface area (Å²) in [5, 5.41) is 2.92. The molecule has 0 aliphatic heterocycles. The highest BCUT2D eigenvalue weighted by Crippen LogP contribution is 2.27. The average molecular weight is 388 g/mol. The Labute approximate surface area is 166 Å². The molecule has 1 N–H and O–H groups in total. The third-order valence-electron chi connectivity index (χ3n) is 4.29. The topological polar surface area (TPSA) is 69.3 Å². The molecule has 0 saturated carbocycles. The first-order chi connectivity index (χ1) is 13.5. The van der Waals surface area contributed by atoms with Gasteiger partial charge in [-0.25, -0.2) is 0 Å². The molecule has 0 aliphatic rings. The average Bonchev–Trinajstić information content (AvgIpc) is 2.72. The fourth-order valence-corrected chi connectivity index (χ4v) is 2.82. The summed E-state index contributed by atoms with van der Waals surface area (Å²) in [6, 6.07) is 11.2. The van der Waals surface area contributed by atoms with Gasteiger partial charge >= 0.3 is 0 Å². The molecular weight excluding hydrogens is 360 g/mol. The Balaban J connectivity index is 1.89. The van der Waals surface area contributed by atoms with Gasteiger partial charge < -0.3 is 24.3 Å². The number of nitrogens with zero attached hydrogens (tertiary/aromatic N) is 1. The van der Waals surface area contributed by atoms with Crippen LogP contribution in [0.3, 0.4) is 0 Å². The Hall–Kier alpha value is -2.93. The van der Waals surface area contributed by atoms with Gasteiger partial charge in [-0.15, -0.1) is 0 Å². The van der Waals surface area contributed by atoms with E-state index in [0.717, 1.165) is 22.6 Å². The molecule has 0 bridgehead atoms. The molecule has 152 valence electrons. The van der Waals surface area contributed by atoms with Crippen molar-refractivity contribution < 1.29 is 23.7 Å². The maximum absolute atomic E-state index is 12.3. The number of hydrogen-bond acceptors (Lipinski definition) is 6. The maximum Gasteiger partial charge on any atom is 0.234 e. The lowest BCUT2D eigenvalue weighted by molar-refractivity contribution is -0.122. The SMILES string of the molecule is COc1ccc(CN(C)CC(=O)NCc2ccc(OC)c(OC)c2)c(OC)c1. The Morgan fingerprint density at radius 1 is 0.893 bits per heavy atom. The monoisotopic (exact) mass is 388 g/mol. The second-order valence-corrected chi connectivity index (χ2v) is 6.32. The number of carbonyl (C=O) groups excluding carboxylic acids is 1. The first-order valence-electron chi connectivity index (χ1n) is 8.87. The van der Waals surface area contributed by atoms with Crippen LogP contribution in [0.1, 0.15) is 11.1 Å². The lowest BCUT2D eigenvalue weighted by atomic mass is 10.1. The molecule has 7 heteroatoms. The molecule has 0 spiro atoms. The third-order valence-corrected chi connectivity index (χ3v) is 4.29. The van der Waals surface area contributed by atoms with Crippen molar-refractivity contribution in [1.82, 2.24) is 10.2 Å². The fourth-order valence-electron chi connectivity index (χ4n) is 2.82.